The van der Waals surface area contributed by atoms with Crippen molar-refractivity contribution >= 4 is 5.97 Å². The lowest BCUT2D eigenvalue weighted by atomic mass is 9.96. The Hall–Kier alpha value is -1.59. The fraction of sp³-hybridized carbons (Fsp3) is 0.562. The van der Waals surface area contributed by atoms with Gasteiger partial charge in [0.1, 0.15) is 11.3 Å². The summed E-state index contributed by atoms with van der Waals surface area (Å²) in [4.78, 5) is 11.7. The van der Waals surface area contributed by atoms with E-state index < -0.39 is 5.54 Å². The highest BCUT2D eigenvalue weighted by Crippen LogP contribution is 2.16. The number of esters is 1. The number of methoxy groups -OCH3 is 1. The van der Waals surface area contributed by atoms with Crippen molar-refractivity contribution in [3.05, 3.63) is 29.8 Å². The number of carbonyl (C=O) groups excluding carboxylic acids is 1. The van der Waals surface area contributed by atoms with E-state index in [9.17, 15) is 4.79 Å². The number of ether oxygens (including phenoxy) is 2. The van der Waals surface area contributed by atoms with E-state index in [4.69, 9.17) is 14.6 Å². The highest BCUT2D eigenvalue weighted by atomic mass is 16.5. The third-order valence-corrected chi connectivity index (χ3v) is 3.60. The summed E-state index contributed by atoms with van der Waals surface area (Å²) >= 11 is 0. The quantitative estimate of drug-likeness (QED) is 0.534. The third kappa shape index (κ3) is 5.36. The number of hydrogen-bond acceptors (Lipinski definition) is 5. The third-order valence-electron chi connectivity index (χ3n) is 3.60. The van der Waals surface area contributed by atoms with Crippen LogP contribution in [0.25, 0.3) is 0 Å². The first kappa shape index (κ1) is 17.5. The zero-order chi connectivity index (χ0) is 15.7. The highest BCUT2D eigenvalue weighted by molar-refractivity contribution is 5.80. The second kappa shape index (κ2) is 8.64. The first-order valence-corrected chi connectivity index (χ1v) is 7.15. The Morgan fingerprint density at radius 2 is 2.00 bits per heavy atom. The van der Waals surface area contributed by atoms with Crippen LogP contribution in [0.1, 0.15) is 25.3 Å². The lowest BCUT2D eigenvalue weighted by Crippen LogP contribution is -2.48. The summed E-state index contributed by atoms with van der Waals surface area (Å²) in [5.41, 5.74) is 0.404. The van der Waals surface area contributed by atoms with Gasteiger partial charge < -0.3 is 19.9 Å². The largest absolute Gasteiger partial charge is 0.494 e. The van der Waals surface area contributed by atoms with Crippen LogP contribution in [-0.4, -0.2) is 44.0 Å². The molecule has 1 rings (SSSR count). The molecule has 0 saturated heterocycles. The number of aliphatic hydroxyl groups is 1. The molecule has 0 amide bonds. The van der Waals surface area contributed by atoms with Gasteiger partial charge in [-0.2, -0.15) is 0 Å². The Bertz CT molecular complexity index is 432. The standard InChI is InChI=1S/C16H25NO4/c1-16(17-2,15(19)20-3)10-4-12-21-14-7-5-13(6-8-14)9-11-18/h5-8,17-18H,4,9-12H2,1-3H3. The lowest BCUT2D eigenvalue weighted by Gasteiger charge is -2.25. The van der Waals surface area contributed by atoms with Crippen molar-refractivity contribution < 1.29 is 19.4 Å². The van der Waals surface area contributed by atoms with E-state index >= 15 is 0 Å². The van der Waals surface area contributed by atoms with Gasteiger partial charge in [-0.3, -0.25) is 4.79 Å². The van der Waals surface area contributed by atoms with Crippen molar-refractivity contribution in [3.63, 3.8) is 0 Å². The Labute approximate surface area is 126 Å². The summed E-state index contributed by atoms with van der Waals surface area (Å²) < 4.78 is 10.4. The van der Waals surface area contributed by atoms with Crippen LogP contribution in [0.5, 0.6) is 5.75 Å². The van der Waals surface area contributed by atoms with Crippen LogP contribution in [-0.2, 0) is 16.0 Å². The number of hydrogen-bond donors (Lipinski definition) is 2. The maximum atomic E-state index is 11.7. The second-order valence-corrected chi connectivity index (χ2v) is 5.14. The van der Waals surface area contributed by atoms with Gasteiger partial charge in [-0.1, -0.05) is 12.1 Å². The van der Waals surface area contributed by atoms with Crippen LogP contribution in [0.2, 0.25) is 0 Å². The van der Waals surface area contributed by atoms with E-state index in [0.717, 1.165) is 17.7 Å². The smallest absolute Gasteiger partial charge is 0.325 e. The predicted molar refractivity (Wildman–Crippen MR) is 81.4 cm³/mol. The van der Waals surface area contributed by atoms with Gasteiger partial charge in [-0.05, 0) is 50.9 Å². The topological polar surface area (TPSA) is 67.8 Å². The molecule has 0 fully saturated rings. The minimum Gasteiger partial charge on any atom is -0.494 e. The monoisotopic (exact) mass is 295 g/mol. The fourth-order valence-corrected chi connectivity index (χ4v) is 2.05. The molecule has 1 unspecified atom stereocenters. The predicted octanol–water partition coefficient (Wildman–Crippen LogP) is 1.53. The molecule has 5 nitrogen and oxygen atoms in total. The Morgan fingerprint density at radius 3 is 2.52 bits per heavy atom. The van der Waals surface area contributed by atoms with Crippen molar-refractivity contribution in [2.45, 2.75) is 31.7 Å². The normalized spacial score (nSPS) is 13.5. The van der Waals surface area contributed by atoms with E-state index in [1.165, 1.54) is 7.11 Å². The first-order chi connectivity index (χ1) is 10.1. The van der Waals surface area contributed by atoms with Crippen molar-refractivity contribution in [1.82, 2.24) is 5.32 Å². The summed E-state index contributed by atoms with van der Waals surface area (Å²) in [6, 6.07) is 7.67. The molecule has 0 bridgehead atoms. The molecule has 0 saturated carbocycles. The van der Waals surface area contributed by atoms with E-state index in [0.29, 0.717) is 19.4 Å². The van der Waals surface area contributed by atoms with Gasteiger partial charge in [0.2, 0.25) is 0 Å². The first-order valence-electron chi connectivity index (χ1n) is 7.15. The van der Waals surface area contributed by atoms with Gasteiger partial charge in [0.15, 0.2) is 0 Å². The molecule has 0 aliphatic rings. The molecule has 0 radical (unpaired) electrons. The minimum atomic E-state index is -0.677. The van der Waals surface area contributed by atoms with Gasteiger partial charge in [-0.25, -0.2) is 0 Å². The number of nitrogens with one attached hydrogen (secondary N) is 1. The summed E-state index contributed by atoms with van der Waals surface area (Å²) in [6.45, 7) is 2.51. The summed E-state index contributed by atoms with van der Waals surface area (Å²) in [5.74, 6) is 0.527. The van der Waals surface area contributed by atoms with Crippen LogP contribution in [0.4, 0.5) is 0 Å². The van der Waals surface area contributed by atoms with Crippen LogP contribution in [0.3, 0.4) is 0 Å². The van der Waals surface area contributed by atoms with E-state index in [1.807, 2.05) is 31.2 Å². The van der Waals surface area contributed by atoms with Crippen LogP contribution in [0.15, 0.2) is 24.3 Å². The summed E-state index contributed by atoms with van der Waals surface area (Å²) in [6.07, 6.45) is 2.03. The number of likely N-dealkylation sites (N-methyl/N-ethyl adjacent to an activating group) is 1. The summed E-state index contributed by atoms with van der Waals surface area (Å²) in [7, 11) is 3.14. The van der Waals surface area contributed by atoms with Crippen molar-refractivity contribution in [2.75, 3.05) is 27.4 Å². The van der Waals surface area contributed by atoms with Crippen molar-refractivity contribution in [3.8, 4) is 5.75 Å². The van der Waals surface area contributed by atoms with Gasteiger partial charge in [0.05, 0.1) is 13.7 Å². The molecule has 1 aromatic carbocycles. The fourth-order valence-electron chi connectivity index (χ4n) is 2.05. The van der Waals surface area contributed by atoms with E-state index in [2.05, 4.69) is 5.32 Å². The van der Waals surface area contributed by atoms with Crippen LogP contribution in [0, 0.1) is 0 Å². The molecule has 0 spiro atoms. The second-order valence-electron chi connectivity index (χ2n) is 5.14. The SMILES string of the molecule is CNC(C)(CCCOc1ccc(CCO)cc1)C(=O)OC. The molecule has 0 aliphatic heterocycles. The molecule has 2 N–H and O–H groups in total. The van der Waals surface area contributed by atoms with Crippen LogP contribution < -0.4 is 10.1 Å². The molecular weight excluding hydrogens is 270 g/mol. The number of benzene rings is 1. The van der Waals surface area contributed by atoms with E-state index in [1.54, 1.807) is 7.05 Å². The van der Waals surface area contributed by atoms with Crippen LogP contribution >= 0.6 is 0 Å². The molecule has 21 heavy (non-hydrogen) atoms. The maximum Gasteiger partial charge on any atom is 0.325 e. The molecule has 5 heteroatoms. The van der Waals surface area contributed by atoms with Crippen molar-refractivity contribution in [1.29, 1.82) is 0 Å². The maximum absolute atomic E-state index is 11.7. The zero-order valence-corrected chi connectivity index (χ0v) is 13.0. The number of rotatable bonds is 9. The van der Waals surface area contributed by atoms with Gasteiger partial charge >= 0.3 is 5.97 Å². The molecule has 1 atom stereocenters. The van der Waals surface area contributed by atoms with E-state index in [-0.39, 0.29) is 12.6 Å². The van der Waals surface area contributed by atoms with Gasteiger partial charge in [-0.15, -0.1) is 0 Å². The number of aliphatic hydroxyl groups excluding tert-OH is 1. The Kier molecular flexibility index (Phi) is 7.19. The Morgan fingerprint density at radius 1 is 1.33 bits per heavy atom. The molecule has 118 valence electrons. The average Bonchev–Trinajstić information content (AvgIpc) is 2.52. The molecule has 0 aliphatic carbocycles. The molecule has 0 aromatic heterocycles. The van der Waals surface area contributed by atoms with Crippen molar-refractivity contribution in [2.24, 2.45) is 0 Å². The molecular formula is C16H25NO4. The minimum absolute atomic E-state index is 0.149. The number of carbonyl (C=O) groups is 1. The zero-order valence-electron chi connectivity index (χ0n) is 13.0. The average molecular weight is 295 g/mol. The Balaban J connectivity index is 2.37. The lowest BCUT2D eigenvalue weighted by molar-refractivity contribution is -0.148. The molecule has 0 heterocycles. The van der Waals surface area contributed by atoms with Gasteiger partial charge in [0, 0.05) is 6.61 Å². The summed E-state index contributed by atoms with van der Waals surface area (Å²) in [5, 5.41) is 11.8. The highest BCUT2D eigenvalue weighted by Gasteiger charge is 2.31. The van der Waals surface area contributed by atoms with Gasteiger partial charge in [0.25, 0.3) is 0 Å². The molecule has 1 aromatic rings.